The molecule has 0 aromatic carbocycles. The highest BCUT2D eigenvalue weighted by molar-refractivity contribution is 5.76. The normalized spacial score (nSPS) is 28.0. The van der Waals surface area contributed by atoms with E-state index >= 15 is 0 Å². The smallest absolute Gasteiger partial charge is 0.220 e. The number of amides is 1. The average molecular weight is 906 g/mol. The molecule has 0 radical (unpaired) electrons. The first-order chi connectivity index (χ1) is 31.1. The van der Waals surface area contributed by atoms with Gasteiger partial charge >= 0.3 is 0 Å². The SMILES string of the molecule is CC/C=C\C/C=C\C/C=C\C/C=C\C/C=C\C/C=C\C/C=C\CCCCCCCC(=O)NC(COC1OC(CO)C(OC2OC(CO)C(O)C(O)C2O)C(O)C1O)C(O)CCCCC. The molecule has 366 valence electrons. The highest BCUT2D eigenvalue weighted by atomic mass is 16.7. The van der Waals surface area contributed by atoms with E-state index < -0.39 is 86.8 Å². The van der Waals surface area contributed by atoms with Crippen LogP contribution in [0.5, 0.6) is 0 Å². The maximum Gasteiger partial charge on any atom is 0.220 e. The number of carbonyl (C=O) groups excluding carboxylic acids is 1. The Morgan fingerprint density at radius 2 is 1.08 bits per heavy atom. The Balaban J connectivity index is 1.66. The van der Waals surface area contributed by atoms with Crippen LogP contribution in [0.25, 0.3) is 0 Å². The lowest BCUT2D eigenvalue weighted by Crippen LogP contribution is -2.65. The van der Waals surface area contributed by atoms with E-state index in [1.54, 1.807) is 0 Å². The molecule has 12 unspecified atom stereocenters. The van der Waals surface area contributed by atoms with Gasteiger partial charge in [0.25, 0.3) is 0 Å². The summed E-state index contributed by atoms with van der Waals surface area (Å²) in [4.78, 5) is 13.0. The molecule has 14 heteroatoms. The van der Waals surface area contributed by atoms with Crippen LogP contribution in [0.4, 0.5) is 0 Å². The predicted molar refractivity (Wildman–Crippen MR) is 249 cm³/mol. The molecule has 9 N–H and O–H groups in total. The Morgan fingerprint density at radius 3 is 1.62 bits per heavy atom. The van der Waals surface area contributed by atoms with Gasteiger partial charge in [0.1, 0.15) is 48.8 Å². The van der Waals surface area contributed by atoms with Crippen LogP contribution in [-0.2, 0) is 23.7 Å². The topological polar surface area (TPSA) is 228 Å². The molecule has 2 rings (SSSR count). The fourth-order valence-corrected chi connectivity index (χ4v) is 7.21. The van der Waals surface area contributed by atoms with Crippen molar-refractivity contribution in [1.29, 1.82) is 0 Å². The van der Waals surface area contributed by atoms with E-state index in [-0.39, 0.29) is 18.9 Å². The van der Waals surface area contributed by atoms with Crippen LogP contribution in [0, 0.1) is 0 Å². The Morgan fingerprint density at radius 1 is 0.578 bits per heavy atom. The van der Waals surface area contributed by atoms with Crippen LogP contribution in [0.3, 0.4) is 0 Å². The van der Waals surface area contributed by atoms with Crippen molar-refractivity contribution in [2.45, 2.75) is 203 Å². The summed E-state index contributed by atoms with van der Waals surface area (Å²) in [6, 6.07) is -0.840. The van der Waals surface area contributed by atoms with Crippen molar-refractivity contribution in [3.05, 3.63) is 85.1 Å². The van der Waals surface area contributed by atoms with Gasteiger partial charge in [0.15, 0.2) is 12.6 Å². The summed E-state index contributed by atoms with van der Waals surface area (Å²) >= 11 is 0. The molecule has 2 saturated heterocycles. The van der Waals surface area contributed by atoms with E-state index in [4.69, 9.17) is 18.9 Å². The van der Waals surface area contributed by atoms with Crippen LogP contribution in [0.1, 0.15) is 129 Å². The summed E-state index contributed by atoms with van der Waals surface area (Å²) in [7, 11) is 0. The maximum absolute atomic E-state index is 13.0. The monoisotopic (exact) mass is 906 g/mol. The summed E-state index contributed by atoms with van der Waals surface area (Å²) in [5.41, 5.74) is 0. The first-order valence-corrected chi connectivity index (χ1v) is 23.8. The van der Waals surface area contributed by atoms with Crippen molar-refractivity contribution in [2.75, 3.05) is 19.8 Å². The van der Waals surface area contributed by atoms with Crippen molar-refractivity contribution < 1.29 is 64.6 Å². The Kier molecular flexibility index (Phi) is 32.5. The molecule has 2 heterocycles. The number of aliphatic hydroxyl groups is 8. The molecule has 0 aliphatic carbocycles. The Labute approximate surface area is 382 Å². The largest absolute Gasteiger partial charge is 0.394 e. The zero-order valence-electron chi connectivity index (χ0n) is 38.5. The number of hydrogen-bond acceptors (Lipinski definition) is 13. The molecule has 0 spiro atoms. The van der Waals surface area contributed by atoms with Crippen molar-refractivity contribution >= 4 is 5.91 Å². The van der Waals surface area contributed by atoms with E-state index in [9.17, 15) is 45.6 Å². The third kappa shape index (κ3) is 23.6. The molecule has 1 amide bonds. The first kappa shape index (κ1) is 57.3. The van der Waals surface area contributed by atoms with Crippen LogP contribution < -0.4 is 5.32 Å². The number of aliphatic hydroxyl groups excluding tert-OH is 8. The third-order valence-corrected chi connectivity index (χ3v) is 11.1. The quantitative estimate of drug-likeness (QED) is 0.0291. The fourth-order valence-electron chi connectivity index (χ4n) is 7.21. The zero-order chi connectivity index (χ0) is 46.8. The molecule has 0 aromatic heterocycles. The second kappa shape index (κ2) is 36.3. The van der Waals surface area contributed by atoms with Crippen molar-refractivity contribution in [1.82, 2.24) is 5.32 Å². The van der Waals surface area contributed by atoms with Gasteiger partial charge in [0, 0.05) is 6.42 Å². The number of ether oxygens (including phenoxy) is 4. The van der Waals surface area contributed by atoms with Crippen LogP contribution in [0.15, 0.2) is 85.1 Å². The standard InChI is InChI=1S/C50H83NO13/c1-3-5-7-8-9-10-11-12-13-14-15-16-17-18-19-20-21-22-23-24-25-26-27-28-29-30-32-34-42(55)51-38(39(54)33-31-6-4-2)37-61-49-47(60)45(58)48(41(36-53)63-49)64-50-46(59)44(57)43(56)40(35-52)62-50/h5,7,9-10,12-13,15-16,18-19,21-22,24-25,38-41,43-50,52-54,56-60H,3-4,6,8,11,14,17,20,23,26-37H2,1-2H3,(H,51,55)/b7-5-,10-9-,13-12-,16-15-,19-18-,22-21-,25-24-. The minimum absolute atomic E-state index is 0.244. The van der Waals surface area contributed by atoms with Crippen LogP contribution in [-0.4, -0.2) is 140 Å². The average Bonchev–Trinajstić information content (AvgIpc) is 3.29. The second-order valence-corrected chi connectivity index (χ2v) is 16.5. The molecule has 64 heavy (non-hydrogen) atoms. The number of hydrogen-bond donors (Lipinski definition) is 9. The molecule has 0 saturated carbocycles. The summed E-state index contributed by atoms with van der Waals surface area (Å²) in [5.74, 6) is -0.244. The number of allylic oxidation sites excluding steroid dienone is 14. The van der Waals surface area contributed by atoms with Crippen LogP contribution in [0.2, 0.25) is 0 Å². The Bertz CT molecular complexity index is 1400. The summed E-state index contributed by atoms with van der Waals surface area (Å²) < 4.78 is 22.5. The van der Waals surface area contributed by atoms with Gasteiger partial charge < -0.3 is 65.1 Å². The van der Waals surface area contributed by atoms with E-state index in [0.29, 0.717) is 12.8 Å². The van der Waals surface area contributed by atoms with E-state index in [2.05, 4.69) is 97.3 Å². The summed E-state index contributed by atoms with van der Waals surface area (Å²) in [6.07, 6.45) is 29.9. The van der Waals surface area contributed by atoms with Crippen molar-refractivity contribution in [3.63, 3.8) is 0 Å². The van der Waals surface area contributed by atoms with E-state index in [0.717, 1.165) is 96.3 Å². The second-order valence-electron chi connectivity index (χ2n) is 16.5. The molecule has 0 aromatic rings. The lowest BCUT2D eigenvalue weighted by Gasteiger charge is -2.46. The van der Waals surface area contributed by atoms with Gasteiger partial charge in [-0.25, -0.2) is 0 Å². The Hall–Kier alpha value is -2.83. The molecule has 12 atom stereocenters. The molecule has 14 nitrogen and oxygen atoms in total. The highest BCUT2D eigenvalue weighted by Crippen LogP contribution is 2.30. The van der Waals surface area contributed by atoms with Gasteiger partial charge in [0.05, 0.1) is 32.0 Å². The minimum atomic E-state index is -1.79. The van der Waals surface area contributed by atoms with E-state index in [1.165, 1.54) is 0 Å². The first-order valence-electron chi connectivity index (χ1n) is 23.8. The van der Waals surface area contributed by atoms with Gasteiger partial charge in [-0.1, -0.05) is 137 Å². The third-order valence-electron chi connectivity index (χ3n) is 11.1. The molecule has 2 fully saturated rings. The molecular weight excluding hydrogens is 823 g/mol. The van der Waals surface area contributed by atoms with Gasteiger partial charge in [-0.15, -0.1) is 0 Å². The molecule has 0 bridgehead atoms. The van der Waals surface area contributed by atoms with Crippen molar-refractivity contribution in [3.8, 4) is 0 Å². The van der Waals surface area contributed by atoms with Gasteiger partial charge in [-0.2, -0.15) is 0 Å². The summed E-state index contributed by atoms with van der Waals surface area (Å²) in [6.45, 7) is 2.50. The zero-order valence-corrected chi connectivity index (χ0v) is 38.5. The molecular formula is C50H83NO13. The molecule has 2 aliphatic rings. The number of nitrogens with one attached hydrogen (secondary N) is 1. The highest BCUT2D eigenvalue weighted by Gasteiger charge is 2.51. The van der Waals surface area contributed by atoms with Gasteiger partial charge in [-0.3, -0.25) is 4.79 Å². The summed E-state index contributed by atoms with van der Waals surface area (Å²) in [5, 5.41) is 85.9. The maximum atomic E-state index is 13.0. The fraction of sp³-hybridized carbons (Fsp3) is 0.700. The van der Waals surface area contributed by atoms with Gasteiger partial charge in [0.2, 0.25) is 5.91 Å². The van der Waals surface area contributed by atoms with Crippen LogP contribution >= 0.6 is 0 Å². The van der Waals surface area contributed by atoms with Crippen molar-refractivity contribution in [2.24, 2.45) is 0 Å². The lowest BCUT2D eigenvalue weighted by molar-refractivity contribution is -0.359. The number of rotatable bonds is 34. The van der Waals surface area contributed by atoms with E-state index in [1.807, 2.05) is 6.92 Å². The number of unbranched alkanes of at least 4 members (excludes halogenated alkanes) is 7. The predicted octanol–water partition coefficient (Wildman–Crippen LogP) is 5.43. The molecule has 2 aliphatic heterocycles. The number of carbonyl (C=O) groups is 1. The lowest BCUT2D eigenvalue weighted by atomic mass is 9.97. The minimum Gasteiger partial charge on any atom is -0.394 e. The van der Waals surface area contributed by atoms with Gasteiger partial charge in [-0.05, 0) is 70.6 Å².